The van der Waals surface area contributed by atoms with Crippen molar-refractivity contribution >= 4 is 11.8 Å². The molecule has 0 spiro atoms. The van der Waals surface area contributed by atoms with Crippen LogP contribution in [0.4, 0.5) is 13.2 Å². The van der Waals surface area contributed by atoms with Gasteiger partial charge in [-0.05, 0) is 30.9 Å². The molecule has 0 unspecified atom stereocenters. The van der Waals surface area contributed by atoms with Gasteiger partial charge in [-0.1, -0.05) is 18.2 Å². The molecule has 1 saturated carbocycles. The van der Waals surface area contributed by atoms with Crippen molar-refractivity contribution in [2.45, 2.75) is 37.2 Å². The molecule has 22 heavy (non-hydrogen) atoms. The number of hydrazine groups is 1. The first-order chi connectivity index (χ1) is 10.3. The third-order valence-corrected chi connectivity index (χ3v) is 3.67. The average molecular weight is 316 g/mol. The number of nitrogens with one attached hydrogen (secondary N) is 2. The first kappa shape index (κ1) is 16.3. The molecule has 1 aliphatic carbocycles. The first-order valence-electron chi connectivity index (χ1n) is 6.69. The lowest BCUT2D eigenvalue weighted by atomic mass is 9.75. The monoisotopic (exact) mass is 316 g/mol. The average Bonchev–Trinajstić information content (AvgIpc) is 2.44. The summed E-state index contributed by atoms with van der Waals surface area (Å²) in [6, 6.07) is 5.48. The molecule has 0 saturated heterocycles. The van der Waals surface area contributed by atoms with Crippen molar-refractivity contribution in [3.8, 4) is 0 Å². The van der Waals surface area contributed by atoms with Gasteiger partial charge in [-0.3, -0.25) is 20.4 Å². The number of aliphatic hydroxyl groups is 1. The molecule has 5 nitrogen and oxygen atoms in total. The normalized spacial score (nSPS) is 16.5. The van der Waals surface area contributed by atoms with Crippen molar-refractivity contribution in [1.29, 1.82) is 0 Å². The number of carbonyl (C=O) groups excluding carboxylic acids is 2. The van der Waals surface area contributed by atoms with Crippen LogP contribution in [0.5, 0.6) is 0 Å². The Labute approximate surface area is 124 Å². The number of carbonyl (C=O) groups is 2. The Bertz CT molecular complexity index is 588. The largest absolute Gasteiger partial charge is 0.383 e. The Kier molecular flexibility index (Phi) is 4.41. The Hall–Kier alpha value is -2.09. The minimum absolute atomic E-state index is 0.0682. The molecule has 2 amide bonds. The van der Waals surface area contributed by atoms with Crippen LogP contribution in [0, 0.1) is 5.82 Å². The van der Waals surface area contributed by atoms with Crippen molar-refractivity contribution in [1.82, 2.24) is 10.9 Å². The van der Waals surface area contributed by atoms with Crippen LogP contribution in [-0.2, 0) is 16.0 Å². The van der Waals surface area contributed by atoms with Crippen molar-refractivity contribution in [2.75, 3.05) is 0 Å². The summed E-state index contributed by atoms with van der Waals surface area (Å²) in [6.07, 6.45) is -0.380. The fourth-order valence-electron chi connectivity index (χ4n) is 2.10. The Morgan fingerprint density at radius 2 is 1.86 bits per heavy atom. The van der Waals surface area contributed by atoms with Gasteiger partial charge in [0.25, 0.3) is 0 Å². The predicted molar refractivity (Wildman–Crippen MR) is 70.1 cm³/mol. The van der Waals surface area contributed by atoms with Gasteiger partial charge in [0.2, 0.25) is 5.91 Å². The zero-order chi connectivity index (χ0) is 16.4. The van der Waals surface area contributed by atoms with Crippen LogP contribution in [-0.4, -0.2) is 28.4 Å². The second-order valence-electron chi connectivity index (χ2n) is 5.23. The highest BCUT2D eigenvalue weighted by Crippen LogP contribution is 2.44. The van der Waals surface area contributed by atoms with E-state index in [0.717, 1.165) is 6.07 Å². The van der Waals surface area contributed by atoms with Gasteiger partial charge in [-0.2, -0.15) is 8.78 Å². The zero-order valence-corrected chi connectivity index (χ0v) is 11.5. The van der Waals surface area contributed by atoms with E-state index in [4.69, 9.17) is 0 Å². The number of halogens is 3. The number of hydrogen-bond acceptors (Lipinski definition) is 3. The predicted octanol–water partition coefficient (Wildman–Crippen LogP) is 1.07. The second-order valence-corrected chi connectivity index (χ2v) is 5.23. The lowest BCUT2D eigenvalue weighted by Gasteiger charge is -2.41. The van der Waals surface area contributed by atoms with E-state index in [2.05, 4.69) is 0 Å². The third kappa shape index (κ3) is 3.06. The van der Waals surface area contributed by atoms with Crippen LogP contribution < -0.4 is 10.9 Å². The molecule has 2 rings (SSSR count). The van der Waals surface area contributed by atoms with Gasteiger partial charge in [-0.25, -0.2) is 4.39 Å². The molecule has 1 aromatic carbocycles. The van der Waals surface area contributed by atoms with Crippen molar-refractivity contribution < 1.29 is 27.9 Å². The van der Waals surface area contributed by atoms with Gasteiger partial charge in [0.15, 0.2) is 0 Å². The number of benzene rings is 1. The van der Waals surface area contributed by atoms with Crippen LogP contribution in [0.3, 0.4) is 0 Å². The molecule has 0 bridgehead atoms. The molecule has 1 aromatic rings. The third-order valence-electron chi connectivity index (χ3n) is 3.67. The van der Waals surface area contributed by atoms with E-state index in [-0.39, 0.29) is 18.4 Å². The van der Waals surface area contributed by atoms with E-state index in [9.17, 15) is 27.9 Å². The SMILES string of the molecule is O=C(Cc1ccccc1F)NNC(=O)C(F)(F)C1(O)CCC1. The van der Waals surface area contributed by atoms with Crippen LogP contribution >= 0.6 is 0 Å². The maximum atomic E-state index is 13.7. The summed E-state index contributed by atoms with van der Waals surface area (Å²) in [7, 11) is 0. The molecule has 1 aliphatic rings. The standard InChI is InChI=1S/C14H15F3N2O3/c15-10-5-2-1-4-9(10)8-11(20)18-19-12(21)14(16,17)13(22)6-3-7-13/h1-2,4-5,22H,3,6-8H2,(H,18,20)(H,19,21). The van der Waals surface area contributed by atoms with Gasteiger partial charge >= 0.3 is 11.8 Å². The van der Waals surface area contributed by atoms with Crippen LogP contribution in [0.1, 0.15) is 24.8 Å². The summed E-state index contributed by atoms with van der Waals surface area (Å²) in [5.41, 5.74) is 1.05. The molecule has 1 fully saturated rings. The first-order valence-corrected chi connectivity index (χ1v) is 6.69. The zero-order valence-electron chi connectivity index (χ0n) is 11.5. The van der Waals surface area contributed by atoms with E-state index in [0.29, 0.717) is 6.42 Å². The lowest BCUT2D eigenvalue weighted by molar-refractivity contribution is -0.216. The smallest absolute Gasteiger partial charge is 0.354 e. The Morgan fingerprint density at radius 1 is 1.23 bits per heavy atom. The molecule has 0 aromatic heterocycles. The van der Waals surface area contributed by atoms with Crippen molar-refractivity contribution in [2.24, 2.45) is 0 Å². The highest BCUT2D eigenvalue weighted by Gasteiger charge is 2.61. The van der Waals surface area contributed by atoms with Gasteiger partial charge in [-0.15, -0.1) is 0 Å². The Morgan fingerprint density at radius 3 is 2.41 bits per heavy atom. The van der Waals surface area contributed by atoms with Gasteiger partial charge in [0.1, 0.15) is 11.4 Å². The molecular weight excluding hydrogens is 301 g/mol. The summed E-state index contributed by atoms with van der Waals surface area (Å²) >= 11 is 0. The highest BCUT2D eigenvalue weighted by molar-refractivity contribution is 5.88. The highest BCUT2D eigenvalue weighted by atomic mass is 19.3. The molecule has 8 heteroatoms. The lowest BCUT2D eigenvalue weighted by Crippen LogP contribution is -2.62. The van der Waals surface area contributed by atoms with E-state index in [1.54, 1.807) is 10.9 Å². The molecule has 120 valence electrons. The Balaban J connectivity index is 1.88. The van der Waals surface area contributed by atoms with Crippen LogP contribution in [0.2, 0.25) is 0 Å². The summed E-state index contributed by atoms with van der Waals surface area (Å²) in [6.45, 7) is 0. The van der Waals surface area contributed by atoms with Gasteiger partial charge in [0, 0.05) is 0 Å². The van der Waals surface area contributed by atoms with Crippen LogP contribution in [0.15, 0.2) is 24.3 Å². The van der Waals surface area contributed by atoms with E-state index in [1.807, 2.05) is 0 Å². The molecule has 0 heterocycles. The summed E-state index contributed by atoms with van der Waals surface area (Å²) in [5, 5.41) is 9.57. The van der Waals surface area contributed by atoms with Gasteiger partial charge < -0.3 is 5.11 Å². The topological polar surface area (TPSA) is 78.4 Å². The molecule has 3 N–H and O–H groups in total. The summed E-state index contributed by atoms with van der Waals surface area (Å²) in [4.78, 5) is 22.9. The number of rotatable bonds is 4. The second kappa shape index (κ2) is 5.96. The maximum Gasteiger partial charge on any atom is 0.354 e. The fourth-order valence-corrected chi connectivity index (χ4v) is 2.10. The molecule has 0 aliphatic heterocycles. The molecular formula is C14H15F3N2O3. The fraction of sp³-hybridized carbons (Fsp3) is 0.429. The van der Waals surface area contributed by atoms with Gasteiger partial charge in [0.05, 0.1) is 6.42 Å². The van der Waals surface area contributed by atoms with E-state index >= 15 is 0 Å². The molecule has 0 atom stereocenters. The van der Waals surface area contributed by atoms with Crippen molar-refractivity contribution in [3.05, 3.63) is 35.6 Å². The number of alkyl halides is 2. The number of hydrogen-bond donors (Lipinski definition) is 3. The minimum atomic E-state index is -4.00. The van der Waals surface area contributed by atoms with Crippen LogP contribution in [0.25, 0.3) is 0 Å². The van der Waals surface area contributed by atoms with Crippen molar-refractivity contribution in [3.63, 3.8) is 0 Å². The van der Waals surface area contributed by atoms with E-state index in [1.165, 1.54) is 18.2 Å². The minimum Gasteiger partial charge on any atom is -0.383 e. The summed E-state index contributed by atoms with van der Waals surface area (Å²) in [5.74, 6) is -7.26. The number of amides is 2. The maximum absolute atomic E-state index is 13.7. The quantitative estimate of drug-likeness (QED) is 0.727. The summed E-state index contributed by atoms with van der Waals surface area (Å²) < 4.78 is 40.8. The molecule has 0 radical (unpaired) electrons. The van der Waals surface area contributed by atoms with E-state index < -0.39 is 35.6 Å².